The Morgan fingerprint density at radius 3 is 2.73 bits per heavy atom. The van der Waals surface area contributed by atoms with Gasteiger partial charge in [0.1, 0.15) is 17.2 Å². The van der Waals surface area contributed by atoms with Gasteiger partial charge in [-0.1, -0.05) is 30.0 Å². The number of amides is 1. The molecule has 0 aliphatic rings. The molecule has 10 heteroatoms. The third-order valence-corrected chi connectivity index (χ3v) is 6.34. The van der Waals surface area contributed by atoms with Crippen molar-refractivity contribution >= 4 is 29.0 Å². The minimum absolute atomic E-state index is 0.116. The molecule has 33 heavy (non-hydrogen) atoms. The average molecular weight is 465 g/mol. The highest BCUT2D eigenvalue weighted by Gasteiger charge is 2.17. The number of carbonyl (C=O) groups excluding carboxylic acids is 1. The van der Waals surface area contributed by atoms with E-state index in [1.807, 2.05) is 45.2 Å². The maximum Gasteiger partial charge on any atom is 0.261 e. The summed E-state index contributed by atoms with van der Waals surface area (Å²) in [4.78, 5) is 30.1. The molecular formula is C23H24N6O3S. The van der Waals surface area contributed by atoms with E-state index in [1.165, 1.54) is 11.8 Å². The van der Waals surface area contributed by atoms with E-state index in [2.05, 4.69) is 20.5 Å². The van der Waals surface area contributed by atoms with Crippen LogP contribution in [0.4, 0.5) is 5.69 Å². The topological polar surface area (TPSA) is 103 Å². The fraction of sp³-hybridized carbons (Fsp3) is 0.261. The van der Waals surface area contributed by atoms with E-state index in [9.17, 15) is 9.59 Å². The van der Waals surface area contributed by atoms with E-state index in [0.29, 0.717) is 45.7 Å². The van der Waals surface area contributed by atoms with E-state index < -0.39 is 0 Å². The zero-order valence-electron chi connectivity index (χ0n) is 18.8. The fourth-order valence-corrected chi connectivity index (χ4v) is 4.22. The molecule has 0 radical (unpaired) electrons. The first kappa shape index (κ1) is 22.5. The molecule has 1 N–H and O–H groups in total. The highest BCUT2D eigenvalue weighted by Crippen LogP contribution is 2.24. The van der Waals surface area contributed by atoms with Crippen molar-refractivity contribution in [1.82, 2.24) is 24.1 Å². The van der Waals surface area contributed by atoms with Crippen LogP contribution in [0.5, 0.6) is 5.75 Å². The number of hydrogen-bond acceptors (Lipinski definition) is 7. The molecule has 9 nitrogen and oxygen atoms in total. The lowest BCUT2D eigenvalue weighted by Gasteiger charge is -2.10. The van der Waals surface area contributed by atoms with Crippen molar-refractivity contribution in [3.05, 3.63) is 75.6 Å². The summed E-state index contributed by atoms with van der Waals surface area (Å²) < 4.78 is 8.62. The predicted molar refractivity (Wildman–Crippen MR) is 127 cm³/mol. The average Bonchev–Trinajstić information content (AvgIpc) is 3.15. The van der Waals surface area contributed by atoms with Crippen LogP contribution in [0.15, 0.2) is 52.5 Å². The molecule has 3 aromatic heterocycles. The molecule has 0 unspecified atom stereocenters. The molecule has 3 heterocycles. The number of aryl methyl sites for hydroxylation is 2. The van der Waals surface area contributed by atoms with Crippen LogP contribution >= 0.6 is 11.8 Å². The Morgan fingerprint density at radius 2 is 1.94 bits per heavy atom. The van der Waals surface area contributed by atoms with Gasteiger partial charge in [-0.2, -0.15) is 0 Å². The van der Waals surface area contributed by atoms with Gasteiger partial charge in [0.25, 0.3) is 5.56 Å². The van der Waals surface area contributed by atoms with Crippen LogP contribution in [0, 0.1) is 13.8 Å². The zero-order valence-corrected chi connectivity index (χ0v) is 19.6. The summed E-state index contributed by atoms with van der Waals surface area (Å²) in [5, 5.41) is 11.9. The second-order valence-electron chi connectivity index (χ2n) is 7.54. The van der Waals surface area contributed by atoms with E-state index in [0.717, 1.165) is 5.56 Å². The quantitative estimate of drug-likeness (QED) is 0.420. The summed E-state index contributed by atoms with van der Waals surface area (Å²) in [6, 6.07) is 11.0. The molecular weight excluding hydrogens is 440 g/mol. The van der Waals surface area contributed by atoms with Crippen molar-refractivity contribution in [2.75, 3.05) is 18.2 Å². The molecule has 0 atom stereocenters. The van der Waals surface area contributed by atoms with Gasteiger partial charge in [-0.25, -0.2) is 4.98 Å². The van der Waals surface area contributed by atoms with Crippen molar-refractivity contribution in [1.29, 1.82) is 0 Å². The number of fused-ring (bicyclic) bond motifs is 1. The number of ether oxygens (including phenoxy) is 1. The molecule has 0 aliphatic heterocycles. The second kappa shape index (κ2) is 9.45. The van der Waals surface area contributed by atoms with E-state index in [1.54, 1.807) is 34.4 Å². The monoisotopic (exact) mass is 464 g/mol. The normalized spacial score (nSPS) is 11.0. The van der Waals surface area contributed by atoms with E-state index >= 15 is 0 Å². The smallest absolute Gasteiger partial charge is 0.261 e. The van der Waals surface area contributed by atoms with Gasteiger partial charge in [0.05, 0.1) is 18.6 Å². The number of anilines is 1. The molecule has 4 aromatic rings. The Kier molecular flexibility index (Phi) is 6.45. The van der Waals surface area contributed by atoms with Gasteiger partial charge in [-0.15, -0.1) is 10.2 Å². The van der Waals surface area contributed by atoms with Gasteiger partial charge in [-0.3, -0.25) is 14.0 Å². The number of carbonyl (C=O) groups is 1. The van der Waals surface area contributed by atoms with Gasteiger partial charge in [0.15, 0.2) is 5.16 Å². The number of methoxy groups -OCH3 is 1. The van der Waals surface area contributed by atoms with E-state index in [4.69, 9.17) is 4.74 Å². The summed E-state index contributed by atoms with van der Waals surface area (Å²) in [5.41, 5.74) is 3.32. The summed E-state index contributed by atoms with van der Waals surface area (Å²) in [6.07, 6.45) is 2.02. The molecule has 170 valence electrons. The Bertz CT molecular complexity index is 1390. The molecule has 4 rings (SSSR count). The molecule has 0 aliphatic carbocycles. The van der Waals surface area contributed by atoms with Crippen LogP contribution < -0.4 is 15.6 Å². The number of hydrogen-bond donors (Lipinski definition) is 1. The first-order valence-electron chi connectivity index (χ1n) is 10.3. The Morgan fingerprint density at radius 1 is 1.15 bits per heavy atom. The number of pyridine rings is 1. The predicted octanol–water partition coefficient (Wildman–Crippen LogP) is 2.77. The number of aromatic nitrogens is 5. The molecule has 0 fully saturated rings. The molecule has 0 spiro atoms. The minimum Gasteiger partial charge on any atom is -0.495 e. The first-order chi connectivity index (χ1) is 15.9. The standard InChI is InChI=1S/C23H24N6O3S/c1-14-8-7-11-29-21(14)24-15(2)16(22(29)31)12-19-26-27-23(28(19)3)33-13-20(30)25-17-9-5-6-10-18(17)32-4/h5-11H,12-13H2,1-4H3,(H,25,30). The van der Waals surface area contributed by atoms with Gasteiger partial charge in [0.2, 0.25) is 5.91 Å². The lowest BCUT2D eigenvalue weighted by atomic mass is 10.1. The van der Waals surface area contributed by atoms with Crippen molar-refractivity contribution in [3.8, 4) is 5.75 Å². The zero-order chi connectivity index (χ0) is 23.5. The first-order valence-corrected chi connectivity index (χ1v) is 11.3. The third kappa shape index (κ3) is 4.61. The largest absolute Gasteiger partial charge is 0.495 e. The van der Waals surface area contributed by atoms with Crippen LogP contribution in [0.3, 0.4) is 0 Å². The molecule has 0 saturated heterocycles. The summed E-state index contributed by atoms with van der Waals surface area (Å²) in [6.45, 7) is 3.76. The molecule has 0 bridgehead atoms. The highest BCUT2D eigenvalue weighted by molar-refractivity contribution is 7.99. The second-order valence-corrected chi connectivity index (χ2v) is 8.48. The summed E-state index contributed by atoms with van der Waals surface area (Å²) >= 11 is 1.27. The van der Waals surface area contributed by atoms with Crippen molar-refractivity contribution < 1.29 is 9.53 Å². The number of benzene rings is 1. The van der Waals surface area contributed by atoms with E-state index in [-0.39, 0.29) is 17.2 Å². The van der Waals surface area contributed by atoms with Crippen LogP contribution in [-0.2, 0) is 18.3 Å². The number of nitrogens with zero attached hydrogens (tertiary/aromatic N) is 5. The van der Waals surface area contributed by atoms with Gasteiger partial charge in [0, 0.05) is 30.9 Å². The van der Waals surface area contributed by atoms with Crippen molar-refractivity contribution in [3.63, 3.8) is 0 Å². The molecule has 0 saturated carbocycles. The number of thioether (sulfide) groups is 1. The van der Waals surface area contributed by atoms with Crippen LogP contribution in [-0.4, -0.2) is 42.9 Å². The number of para-hydroxylation sites is 2. The Hall–Kier alpha value is -3.66. The highest BCUT2D eigenvalue weighted by atomic mass is 32.2. The van der Waals surface area contributed by atoms with Crippen LogP contribution in [0.2, 0.25) is 0 Å². The lowest BCUT2D eigenvalue weighted by molar-refractivity contribution is -0.113. The maximum absolute atomic E-state index is 13.1. The summed E-state index contributed by atoms with van der Waals surface area (Å²) in [7, 11) is 3.38. The van der Waals surface area contributed by atoms with Gasteiger partial charge in [-0.05, 0) is 37.6 Å². The maximum atomic E-state index is 13.1. The van der Waals surface area contributed by atoms with Crippen molar-refractivity contribution in [2.24, 2.45) is 7.05 Å². The molecule has 1 amide bonds. The Labute approximate surface area is 194 Å². The van der Waals surface area contributed by atoms with Crippen LogP contribution in [0.1, 0.15) is 22.6 Å². The molecule has 1 aromatic carbocycles. The Balaban J connectivity index is 1.49. The minimum atomic E-state index is -0.183. The van der Waals surface area contributed by atoms with Crippen LogP contribution in [0.25, 0.3) is 5.65 Å². The SMILES string of the molecule is COc1ccccc1NC(=O)CSc1nnc(Cc2c(C)nc3c(C)cccn3c2=O)n1C. The van der Waals surface area contributed by atoms with Gasteiger partial charge < -0.3 is 14.6 Å². The summed E-state index contributed by atoms with van der Waals surface area (Å²) in [5.74, 6) is 1.19. The van der Waals surface area contributed by atoms with Gasteiger partial charge >= 0.3 is 0 Å². The number of nitrogens with one attached hydrogen (secondary N) is 1. The van der Waals surface area contributed by atoms with Crippen molar-refractivity contribution in [2.45, 2.75) is 25.4 Å². The number of rotatable bonds is 7. The lowest BCUT2D eigenvalue weighted by Crippen LogP contribution is -2.23. The fourth-order valence-electron chi connectivity index (χ4n) is 3.49. The third-order valence-electron chi connectivity index (χ3n) is 5.32.